The highest BCUT2D eigenvalue weighted by molar-refractivity contribution is 9.11. The average molecular weight is 282 g/mol. The Balaban J connectivity index is 2.69. The maximum atomic E-state index is 10.2. The van der Waals surface area contributed by atoms with Crippen LogP contribution in [0.1, 0.15) is 4.88 Å². The highest BCUT2D eigenvalue weighted by Crippen LogP contribution is 2.28. The van der Waals surface area contributed by atoms with Crippen LogP contribution in [-0.4, -0.2) is 27.8 Å². The molecule has 0 aliphatic rings. The number of carboxylic acid groups (broad SMARTS) is 1. The van der Waals surface area contributed by atoms with E-state index in [9.17, 15) is 15.0 Å². The Morgan fingerprint density at radius 3 is 2.64 bits per heavy atom. The summed E-state index contributed by atoms with van der Waals surface area (Å²) in [6, 6.07) is 3.13. The van der Waals surface area contributed by atoms with Crippen LogP contribution < -0.4 is 5.32 Å². The topological polar surface area (TPSA) is 89.8 Å². The molecule has 78 valence electrons. The predicted molar refractivity (Wildman–Crippen MR) is 53.8 cm³/mol. The number of aliphatic hydroxyl groups is 2. The molecule has 0 radical (unpaired) electrons. The molecule has 1 aromatic rings. The van der Waals surface area contributed by atoms with Crippen LogP contribution >= 0.6 is 27.3 Å². The van der Waals surface area contributed by atoms with Gasteiger partial charge in [-0.2, -0.15) is 0 Å². The molecule has 1 heterocycles. The Bertz CT molecular complexity index is 338. The van der Waals surface area contributed by atoms with Crippen LogP contribution in [0.5, 0.6) is 0 Å². The number of carbonyl (C=O) groups is 1. The van der Waals surface area contributed by atoms with E-state index in [1.807, 2.05) is 0 Å². The van der Waals surface area contributed by atoms with Gasteiger partial charge in [-0.1, -0.05) is 0 Å². The van der Waals surface area contributed by atoms with Crippen LogP contribution in [0.4, 0.5) is 0 Å². The van der Waals surface area contributed by atoms with E-state index < -0.39 is 18.4 Å². The molecule has 0 spiro atoms. The summed E-state index contributed by atoms with van der Waals surface area (Å²) in [5.41, 5.74) is 0. The normalized spacial score (nSPS) is 11.6. The third-order valence-electron chi connectivity index (χ3n) is 1.40. The summed E-state index contributed by atoms with van der Waals surface area (Å²) in [7, 11) is 0. The number of carboxylic acids is 1. The van der Waals surface area contributed by atoms with E-state index in [0.717, 1.165) is 15.1 Å². The van der Waals surface area contributed by atoms with E-state index in [0.29, 0.717) is 0 Å². The second kappa shape index (κ2) is 4.37. The minimum atomic E-state index is -2.30. The zero-order valence-corrected chi connectivity index (χ0v) is 9.30. The summed E-state index contributed by atoms with van der Waals surface area (Å²) in [5, 5.41) is 29.3. The lowest BCUT2D eigenvalue weighted by Gasteiger charge is -2.20. The second-order valence-electron chi connectivity index (χ2n) is 2.52. The molecule has 0 bridgehead atoms. The van der Waals surface area contributed by atoms with E-state index in [1.54, 1.807) is 6.07 Å². The molecular formula is C7H8BrNO4S. The molecule has 0 aliphatic heterocycles. The van der Waals surface area contributed by atoms with Gasteiger partial charge in [0.05, 0.1) is 15.2 Å². The van der Waals surface area contributed by atoms with E-state index in [1.165, 1.54) is 6.07 Å². The Morgan fingerprint density at radius 1 is 1.57 bits per heavy atom. The Morgan fingerprint density at radius 2 is 2.21 bits per heavy atom. The Kier molecular flexibility index (Phi) is 3.62. The highest BCUT2D eigenvalue weighted by atomic mass is 79.9. The van der Waals surface area contributed by atoms with Crippen LogP contribution in [0.15, 0.2) is 15.9 Å². The zero-order valence-electron chi connectivity index (χ0n) is 6.90. The molecule has 14 heavy (non-hydrogen) atoms. The predicted octanol–water partition coefficient (Wildman–Crippen LogP) is 0.280. The lowest BCUT2D eigenvalue weighted by molar-refractivity contribution is -0.194. The first kappa shape index (κ1) is 11.6. The van der Waals surface area contributed by atoms with Gasteiger partial charge in [0.25, 0.3) is 5.91 Å². The molecule has 0 atom stereocenters. The smallest absolute Gasteiger partial charge is 0.317 e. The first-order valence-electron chi connectivity index (χ1n) is 3.59. The Labute approximate surface area is 92.1 Å². The quantitative estimate of drug-likeness (QED) is 0.596. The summed E-state index contributed by atoms with van der Waals surface area (Å²) in [6.07, 6.45) is 0. The van der Waals surface area contributed by atoms with Crippen LogP contribution in [0.3, 0.4) is 0 Å². The van der Waals surface area contributed by atoms with Crippen LogP contribution in [-0.2, 0) is 10.7 Å². The minimum Gasteiger partial charge on any atom is -0.480 e. The van der Waals surface area contributed by atoms with Crippen molar-refractivity contribution in [2.75, 3.05) is 6.54 Å². The molecule has 5 nitrogen and oxygen atoms in total. The van der Waals surface area contributed by atoms with Crippen LogP contribution in [0.2, 0.25) is 0 Å². The largest absolute Gasteiger partial charge is 0.480 e. The molecule has 0 fully saturated rings. The molecule has 7 heteroatoms. The third kappa shape index (κ3) is 3.03. The van der Waals surface area contributed by atoms with Gasteiger partial charge in [-0.05, 0) is 28.1 Å². The summed E-state index contributed by atoms with van der Waals surface area (Å²) < 4.78 is 0.733. The summed E-state index contributed by atoms with van der Waals surface area (Å²) in [5.74, 6) is -3.46. The van der Waals surface area contributed by atoms with Gasteiger partial charge >= 0.3 is 5.97 Å². The van der Waals surface area contributed by atoms with Crippen molar-refractivity contribution in [2.45, 2.75) is 5.91 Å². The summed E-state index contributed by atoms with van der Waals surface area (Å²) in [6.45, 7) is -0.525. The zero-order chi connectivity index (χ0) is 10.8. The van der Waals surface area contributed by atoms with Gasteiger partial charge in [0.15, 0.2) is 0 Å². The van der Waals surface area contributed by atoms with Crippen molar-refractivity contribution in [3.8, 4) is 0 Å². The number of aliphatic carboxylic acids is 1. The van der Waals surface area contributed by atoms with Gasteiger partial charge < -0.3 is 15.3 Å². The fourth-order valence-corrected chi connectivity index (χ4v) is 2.14. The minimum absolute atomic E-state index is 0.227. The second-order valence-corrected chi connectivity index (χ2v) is 4.99. The highest BCUT2D eigenvalue weighted by Gasteiger charge is 2.27. The molecule has 0 aromatic carbocycles. The molecule has 0 unspecified atom stereocenters. The summed E-state index contributed by atoms with van der Waals surface area (Å²) in [4.78, 5) is 10.4. The van der Waals surface area contributed by atoms with Gasteiger partial charge in [0.2, 0.25) is 0 Å². The van der Waals surface area contributed by atoms with Crippen molar-refractivity contribution >= 4 is 33.2 Å². The van der Waals surface area contributed by atoms with E-state index >= 15 is 0 Å². The van der Waals surface area contributed by atoms with Gasteiger partial charge in [0, 0.05) is 0 Å². The van der Waals surface area contributed by atoms with Gasteiger partial charge in [-0.15, -0.1) is 11.3 Å². The van der Waals surface area contributed by atoms with Crippen LogP contribution in [0, 0.1) is 0 Å². The lowest BCUT2D eigenvalue weighted by atomic mass is 10.3. The lowest BCUT2D eigenvalue weighted by Crippen LogP contribution is -2.44. The number of hydrogen-bond acceptors (Lipinski definition) is 5. The number of rotatable bonds is 4. The molecule has 0 saturated heterocycles. The van der Waals surface area contributed by atoms with Crippen molar-refractivity contribution in [3.63, 3.8) is 0 Å². The number of halogens is 1. The molecular weight excluding hydrogens is 274 g/mol. The molecule has 0 amide bonds. The monoisotopic (exact) mass is 281 g/mol. The molecule has 0 aliphatic carbocycles. The van der Waals surface area contributed by atoms with Gasteiger partial charge in [-0.3, -0.25) is 10.1 Å². The van der Waals surface area contributed by atoms with Crippen LogP contribution in [0.25, 0.3) is 0 Å². The maximum absolute atomic E-state index is 10.2. The van der Waals surface area contributed by atoms with Crippen molar-refractivity contribution in [3.05, 3.63) is 20.8 Å². The van der Waals surface area contributed by atoms with E-state index in [-0.39, 0.29) is 4.88 Å². The molecule has 1 rings (SSSR count). The van der Waals surface area contributed by atoms with Crippen molar-refractivity contribution in [1.82, 2.24) is 5.32 Å². The van der Waals surface area contributed by atoms with Crippen molar-refractivity contribution < 1.29 is 20.1 Å². The maximum Gasteiger partial charge on any atom is 0.317 e. The van der Waals surface area contributed by atoms with Gasteiger partial charge in [0.1, 0.15) is 0 Å². The average Bonchev–Trinajstić information content (AvgIpc) is 2.49. The fourth-order valence-electron chi connectivity index (χ4n) is 0.788. The van der Waals surface area contributed by atoms with E-state index in [2.05, 4.69) is 21.2 Å². The van der Waals surface area contributed by atoms with Crippen molar-refractivity contribution in [1.29, 1.82) is 0 Å². The molecule has 1 aromatic heterocycles. The molecule has 0 saturated carbocycles. The van der Waals surface area contributed by atoms with Crippen molar-refractivity contribution in [2.24, 2.45) is 0 Å². The van der Waals surface area contributed by atoms with Gasteiger partial charge in [-0.25, -0.2) is 0 Å². The SMILES string of the molecule is O=C(O)CNC(O)(O)c1ccc(Br)s1. The van der Waals surface area contributed by atoms with E-state index in [4.69, 9.17) is 5.11 Å². The Hall–Kier alpha value is -0.470. The first-order chi connectivity index (χ1) is 6.42. The first-order valence-corrected chi connectivity index (χ1v) is 5.20. The third-order valence-corrected chi connectivity index (χ3v) is 3.12. The number of thiophene rings is 1. The number of hydrogen-bond donors (Lipinski definition) is 4. The number of nitrogens with one attached hydrogen (secondary N) is 1. The molecule has 4 N–H and O–H groups in total. The standard InChI is InChI=1S/C7H8BrNO4S/c8-5-2-1-4(14-5)7(12,13)9-3-6(10)11/h1-2,9,12-13H,3H2,(H,10,11). The fraction of sp³-hybridized carbons (Fsp3) is 0.286. The summed E-state index contributed by atoms with van der Waals surface area (Å²) >= 11 is 4.26.